The Kier molecular flexibility index (Phi) is 2.49. The first-order valence-corrected chi connectivity index (χ1v) is 4.19. The van der Waals surface area contributed by atoms with Crippen molar-refractivity contribution in [2.45, 2.75) is 32.9 Å². The second-order valence-corrected chi connectivity index (χ2v) is 3.32. The van der Waals surface area contributed by atoms with Crippen LogP contribution in [0.5, 0.6) is 0 Å². The highest BCUT2D eigenvalue weighted by Gasteiger charge is 2.21. The van der Waals surface area contributed by atoms with Crippen LogP contribution in [0, 0.1) is 0 Å². The van der Waals surface area contributed by atoms with E-state index in [9.17, 15) is 0 Å². The van der Waals surface area contributed by atoms with Gasteiger partial charge in [0.15, 0.2) is 0 Å². The number of nitrogens with two attached hydrogens (primary N) is 1. The van der Waals surface area contributed by atoms with Gasteiger partial charge < -0.3 is 10.6 Å². The van der Waals surface area contributed by atoms with E-state index in [0.29, 0.717) is 6.04 Å². The first-order chi connectivity index (χ1) is 5.13. The SMILES string of the molecule is CC(N)C1=NCCN1C(C)C. The van der Waals surface area contributed by atoms with E-state index in [1.54, 1.807) is 0 Å². The Labute approximate surface area is 68.3 Å². The van der Waals surface area contributed by atoms with Crippen LogP contribution in [0.3, 0.4) is 0 Å². The van der Waals surface area contributed by atoms with Gasteiger partial charge in [0.2, 0.25) is 0 Å². The monoisotopic (exact) mass is 155 g/mol. The van der Waals surface area contributed by atoms with E-state index < -0.39 is 0 Å². The zero-order valence-electron chi connectivity index (χ0n) is 7.54. The molecule has 64 valence electrons. The lowest BCUT2D eigenvalue weighted by Crippen LogP contribution is -2.43. The van der Waals surface area contributed by atoms with Gasteiger partial charge in [-0.3, -0.25) is 4.99 Å². The predicted octanol–water partition coefficient (Wildman–Crippen LogP) is 0.456. The van der Waals surface area contributed by atoms with Crippen LogP contribution < -0.4 is 5.73 Å². The standard InChI is InChI=1S/C8H17N3/c1-6(2)11-5-4-10-8(11)7(3)9/h6-7H,4-5,9H2,1-3H3. The summed E-state index contributed by atoms with van der Waals surface area (Å²) in [6.45, 7) is 8.27. The number of rotatable bonds is 2. The lowest BCUT2D eigenvalue weighted by molar-refractivity contribution is 0.371. The topological polar surface area (TPSA) is 41.6 Å². The summed E-state index contributed by atoms with van der Waals surface area (Å²) < 4.78 is 0. The number of nitrogens with zero attached hydrogens (tertiary/aromatic N) is 2. The largest absolute Gasteiger partial charge is 0.355 e. The van der Waals surface area contributed by atoms with Crippen molar-refractivity contribution >= 4 is 5.84 Å². The van der Waals surface area contributed by atoms with E-state index in [0.717, 1.165) is 18.9 Å². The molecule has 1 aliphatic rings. The summed E-state index contributed by atoms with van der Waals surface area (Å²) in [6.07, 6.45) is 0. The Balaban J connectivity index is 2.63. The van der Waals surface area contributed by atoms with Gasteiger partial charge in [-0.15, -0.1) is 0 Å². The summed E-state index contributed by atoms with van der Waals surface area (Å²) in [5.41, 5.74) is 5.75. The van der Waals surface area contributed by atoms with Crippen molar-refractivity contribution in [3.63, 3.8) is 0 Å². The molecular formula is C8H17N3. The lowest BCUT2D eigenvalue weighted by atomic mass is 10.2. The quantitative estimate of drug-likeness (QED) is 0.629. The Morgan fingerprint density at radius 1 is 1.45 bits per heavy atom. The van der Waals surface area contributed by atoms with E-state index >= 15 is 0 Å². The highest BCUT2D eigenvalue weighted by molar-refractivity contribution is 5.88. The number of hydrogen-bond acceptors (Lipinski definition) is 3. The van der Waals surface area contributed by atoms with Gasteiger partial charge in [0.25, 0.3) is 0 Å². The summed E-state index contributed by atoms with van der Waals surface area (Å²) in [5.74, 6) is 1.07. The molecule has 0 saturated heterocycles. The molecule has 0 amide bonds. The minimum atomic E-state index is 0.0832. The van der Waals surface area contributed by atoms with E-state index in [1.807, 2.05) is 6.92 Å². The van der Waals surface area contributed by atoms with Gasteiger partial charge in [0, 0.05) is 12.6 Å². The second-order valence-electron chi connectivity index (χ2n) is 3.32. The lowest BCUT2D eigenvalue weighted by Gasteiger charge is -2.26. The van der Waals surface area contributed by atoms with Gasteiger partial charge in [-0.25, -0.2) is 0 Å². The summed E-state index contributed by atoms with van der Waals surface area (Å²) in [6, 6.07) is 0.613. The van der Waals surface area contributed by atoms with Crippen molar-refractivity contribution < 1.29 is 0 Å². The van der Waals surface area contributed by atoms with Crippen LogP contribution >= 0.6 is 0 Å². The van der Waals surface area contributed by atoms with Crippen LogP contribution in [0.2, 0.25) is 0 Å². The summed E-state index contributed by atoms with van der Waals surface area (Å²) in [7, 11) is 0. The van der Waals surface area contributed by atoms with Crippen molar-refractivity contribution in [3.8, 4) is 0 Å². The van der Waals surface area contributed by atoms with Crippen molar-refractivity contribution in [1.29, 1.82) is 0 Å². The summed E-state index contributed by atoms with van der Waals surface area (Å²) in [5, 5.41) is 0. The van der Waals surface area contributed by atoms with Gasteiger partial charge in [0.1, 0.15) is 5.84 Å². The van der Waals surface area contributed by atoms with Gasteiger partial charge >= 0.3 is 0 Å². The number of amidine groups is 1. The smallest absolute Gasteiger partial charge is 0.116 e. The average molecular weight is 155 g/mol. The summed E-state index contributed by atoms with van der Waals surface area (Å²) >= 11 is 0. The van der Waals surface area contributed by atoms with Crippen LogP contribution in [-0.2, 0) is 0 Å². The highest BCUT2D eigenvalue weighted by atomic mass is 15.3. The van der Waals surface area contributed by atoms with Crippen LogP contribution in [0.1, 0.15) is 20.8 Å². The molecule has 0 aromatic rings. The zero-order valence-corrected chi connectivity index (χ0v) is 7.54. The fourth-order valence-corrected chi connectivity index (χ4v) is 1.41. The van der Waals surface area contributed by atoms with Crippen LogP contribution in [0.15, 0.2) is 4.99 Å². The fraction of sp³-hybridized carbons (Fsp3) is 0.875. The molecule has 3 heteroatoms. The van der Waals surface area contributed by atoms with Gasteiger partial charge in [-0.1, -0.05) is 0 Å². The fourth-order valence-electron chi connectivity index (χ4n) is 1.41. The third kappa shape index (κ3) is 1.71. The first-order valence-electron chi connectivity index (χ1n) is 4.19. The maximum Gasteiger partial charge on any atom is 0.116 e. The van der Waals surface area contributed by atoms with E-state index in [2.05, 4.69) is 23.7 Å². The zero-order chi connectivity index (χ0) is 8.43. The molecule has 2 N–H and O–H groups in total. The minimum absolute atomic E-state index is 0.0832. The van der Waals surface area contributed by atoms with Crippen molar-refractivity contribution in [3.05, 3.63) is 0 Å². The van der Waals surface area contributed by atoms with E-state index in [1.165, 1.54) is 0 Å². The van der Waals surface area contributed by atoms with Crippen LogP contribution in [0.25, 0.3) is 0 Å². The molecule has 0 bridgehead atoms. The summed E-state index contributed by atoms with van der Waals surface area (Å²) in [4.78, 5) is 6.62. The molecule has 1 unspecified atom stereocenters. The van der Waals surface area contributed by atoms with Crippen LogP contribution in [-0.4, -0.2) is 35.9 Å². The molecule has 3 nitrogen and oxygen atoms in total. The molecule has 0 radical (unpaired) electrons. The molecule has 0 aliphatic carbocycles. The minimum Gasteiger partial charge on any atom is -0.355 e. The molecule has 1 heterocycles. The first kappa shape index (κ1) is 8.53. The van der Waals surface area contributed by atoms with Gasteiger partial charge in [-0.2, -0.15) is 0 Å². The molecule has 0 aromatic heterocycles. The molecule has 0 fully saturated rings. The maximum absolute atomic E-state index is 5.75. The van der Waals surface area contributed by atoms with Crippen molar-refractivity contribution in [2.75, 3.05) is 13.1 Å². The van der Waals surface area contributed by atoms with E-state index in [-0.39, 0.29) is 6.04 Å². The van der Waals surface area contributed by atoms with Crippen molar-refractivity contribution in [1.82, 2.24) is 4.90 Å². The molecule has 1 aliphatic heterocycles. The Hall–Kier alpha value is -0.570. The molecule has 1 rings (SSSR count). The van der Waals surface area contributed by atoms with Crippen LogP contribution in [0.4, 0.5) is 0 Å². The van der Waals surface area contributed by atoms with Gasteiger partial charge in [0.05, 0.1) is 12.6 Å². The molecular weight excluding hydrogens is 138 g/mol. The third-order valence-electron chi connectivity index (χ3n) is 1.94. The number of aliphatic imine (C=N–C) groups is 1. The Morgan fingerprint density at radius 3 is 2.45 bits per heavy atom. The van der Waals surface area contributed by atoms with Gasteiger partial charge in [-0.05, 0) is 20.8 Å². The predicted molar refractivity (Wildman–Crippen MR) is 47.8 cm³/mol. The second kappa shape index (κ2) is 3.22. The molecule has 0 saturated carbocycles. The van der Waals surface area contributed by atoms with E-state index in [4.69, 9.17) is 5.73 Å². The number of hydrogen-bond donors (Lipinski definition) is 1. The molecule has 1 atom stereocenters. The molecule has 0 aromatic carbocycles. The Morgan fingerprint density at radius 2 is 2.09 bits per heavy atom. The van der Waals surface area contributed by atoms with Crippen molar-refractivity contribution in [2.24, 2.45) is 10.7 Å². The molecule has 11 heavy (non-hydrogen) atoms. The molecule has 0 spiro atoms. The Bertz CT molecular complexity index is 161. The normalized spacial score (nSPS) is 20.8. The maximum atomic E-state index is 5.75. The average Bonchev–Trinajstić information content (AvgIpc) is 2.32. The highest BCUT2D eigenvalue weighted by Crippen LogP contribution is 2.08. The third-order valence-corrected chi connectivity index (χ3v) is 1.94.